The number of thiophene rings is 1. The van der Waals surface area contributed by atoms with E-state index in [9.17, 15) is 9.90 Å². The number of methoxy groups -OCH3 is 2. The summed E-state index contributed by atoms with van der Waals surface area (Å²) < 4.78 is 10.8. The van der Waals surface area contributed by atoms with Gasteiger partial charge in [-0.1, -0.05) is 6.92 Å². The lowest BCUT2D eigenvalue weighted by atomic mass is 9.77. The van der Waals surface area contributed by atoms with Gasteiger partial charge in [0, 0.05) is 16.5 Å². The molecule has 1 aromatic heterocycles. The van der Waals surface area contributed by atoms with Crippen LogP contribution in [0.3, 0.4) is 0 Å². The standard InChI is InChI=1S/C19H21NO4S/c1-4-11-8-13(18(25-11)19(21)22)17-12-9-16(24-3)15(23-2)7-10(12)5-6-14(17)20/h7-9,17,20H,4-6H2,1-3H3,(H,21,22). The molecule has 0 fully saturated rings. The quantitative estimate of drug-likeness (QED) is 0.841. The second kappa shape index (κ2) is 6.88. The zero-order chi connectivity index (χ0) is 18.1. The van der Waals surface area contributed by atoms with Crippen LogP contribution in [-0.2, 0) is 12.8 Å². The third-order valence-electron chi connectivity index (χ3n) is 4.63. The van der Waals surface area contributed by atoms with Gasteiger partial charge in [-0.25, -0.2) is 4.79 Å². The first-order valence-corrected chi connectivity index (χ1v) is 8.99. The predicted molar refractivity (Wildman–Crippen MR) is 98.1 cm³/mol. The van der Waals surface area contributed by atoms with E-state index in [-0.39, 0.29) is 5.92 Å². The van der Waals surface area contributed by atoms with E-state index in [1.165, 1.54) is 11.3 Å². The highest BCUT2D eigenvalue weighted by Gasteiger charge is 2.32. The van der Waals surface area contributed by atoms with Crippen LogP contribution in [0.5, 0.6) is 11.5 Å². The van der Waals surface area contributed by atoms with Crippen molar-refractivity contribution in [1.29, 1.82) is 5.41 Å². The number of rotatable bonds is 5. The summed E-state index contributed by atoms with van der Waals surface area (Å²) in [4.78, 5) is 13.1. The smallest absolute Gasteiger partial charge is 0.346 e. The van der Waals surface area contributed by atoms with E-state index in [4.69, 9.17) is 14.9 Å². The lowest BCUT2D eigenvalue weighted by Crippen LogP contribution is -2.22. The van der Waals surface area contributed by atoms with Crippen LogP contribution in [0.2, 0.25) is 0 Å². The lowest BCUT2D eigenvalue weighted by Gasteiger charge is -2.28. The zero-order valence-electron chi connectivity index (χ0n) is 14.5. The molecule has 0 saturated carbocycles. The first kappa shape index (κ1) is 17.5. The molecule has 0 radical (unpaired) electrons. The molecule has 1 atom stereocenters. The fourth-order valence-electron chi connectivity index (χ4n) is 3.39. The van der Waals surface area contributed by atoms with Crippen molar-refractivity contribution < 1.29 is 19.4 Å². The zero-order valence-corrected chi connectivity index (χ0v) is 15.3. The maximum atomic E-state index is 11.7. The van der Waals surface area contributed by atoms with Gasteiger partial charge in [0.1, 0.15) is 4.88 Å². The summed E-state index contributed by atoms with van der Waals surface area (Å²) in [5, 5.41) is 18.1. The summed E-state index contributed by atoms with van der Waals surface area (Å²) in [7, 11) is 3.18. The predicted octanol–water partition coefficient (Wildman–Crippen LogP) is 4.12. The normalized spacial score (nSPS) is 16.4. The van der Waals surface area contributed by atoms with Crippen LogP contribution in [0.25, 0.3) is 0 Å². The van der Waals surface area contributed by atoms with Gasteiger partial charge in [-0.3, -0.25) is 0 Å². The molecule has 1 heterocycles. The Balaban J connectivity index is 2.20. The lowest BCUT2D eigenvalue weighted by molar-refractivity contribution is 0.0701. The molecule has 5 nitrogen and oxygen atoms in total. The Morgan fingerprint density at radius 2 is 1.88 bits per heavy atom. The number of fused-ring (bicyclic) bond motifs is 1. The molecule has 0 amide bonds. The Bertz CT molecular complexity index is 840. The molecule has 2 aromatic rings. The van der Waals surface area contributed by atoms with Gasteiger partial charge < -0.3 is 20.0 Å². The van der Waals surface area contributed by atoms with Crippen molar-refractivity contribution in [2.45, 2.75) is 32.1 Å². The van der Waals surface area contributed by atoms with Crippen molar-refractivity contribution in [3.8, 4) is 11.5 Å². The average molecular weight is 359 g/mol. The second-order valence-corrected chi connectivity index (χ2v) is 7.16. The van der Waals surface area contributed by atoms with E-state index in [1.54, 1.807) is 14.2 Å². The number of nitrogens with one attached hydrogen (secondary N) is 1. The van der Waals surface area contributed by atoms with E-state index >= 15 is 0 Å². The number of carboxylic acid groups (broad SMARTS) is 1. The second-order valence-electron chi connectivity index (χ2n) is 6.02. The highest BCUT2D eigenvalue weighted by Crippen LogP contribution is 2.43. The number of ether oxygens (including phenoxy) is 2. The Morgan fingerprint density at radius 1 is 1.20 bits per heavy atom. The SMILES string of the molecule is CCc1cc(C2C(=N)CCc3cc(OC)c(OC)cc32)c(C(=O)O)s1. The highest BCUT2D eigenvalue weighted by molar-refractivity contribution is 7.14. The van der Waals surface area contributed by atoms with Gasteiger partial charge in [0.05, 0.1) is 14.2 Å². The monoisotopic (exact) mass is 359 g/mol. The van der Waals surface area contributed by atoms with E-state index < -0.39 is 5.97 Å². The molecule has 1 aliphatic carbocycles. The summed E-state index contributed by atoms with van der Waals surface area (Å²) in [6.07, 6.45) is 2.14. The number of carboxylic acids is 1. The van der Waals surface area contributed by atoms with Gasteiger partial charge in [0.2, 0.25) is 0 Å². The Kier molecular flexibility index (Phi) is 4.81. The van der Waals surface area contributed by atoms with Crippen LogP contribution in [-0.4, -0.2) is 31.0 Å². The Morgan fingerprint density at radius 3 is 2.48 bits per heavy atom. The molecular weight excluding hydrogens is 338 g/mol. The summed E-state index contributed by atoms with van der Waals surface area (Å²) >= 11 is 1.30. The topological polar surface area (TPSA) is 79.6 Å². The summed E-state index contributed by atoms with van der Waals surface area (Å²) in [5.41, 5.74) is 3.28. The minimum absolute atomic E-state index is 0.328. The van der Waals surface area contributed by atoms with Crippen molar-refractivity contribution in [1.82, 2.24) is 0 Å². The van der Waals surface area contributed by atoms with Crippen LogP contribution >= 0.6 is 11.3 Å². The molecule has 0 saturated heterocycles. The molecule has 132 valence electrons. The van der Waals surface area contributed by atoms with Gasteiger partial charge in [-0.2, -0.15) is 0 Å². The minimum atomic E-state index is -0.930. The number of benzene rings is 1. The van der Waals surface area contributed by atoms with Crippen molar-refractivity contribution in [3.05, 3.63) is 44.6 Å². The van der Waals surface area contributed by atoms with Crippen molar-refractivity contribution in [3.63, 3.8) is 0 Å². The van der Waals surface area contributed by atoms with Gasteiger partial charge in [-0.05, 0) is 54.2 Å². The molecule has 0 bridgehead atoms. The van der Waals surface area contributed by atoms with E-state index in [0.29, 0.717) is 34.1 Å². The molecule has 3 rings (SSSR count). The van der Waals surface area contributed by atoms with Crippen molar-refractivity contribution >= 4 is 23.0 Å². The van der Waals surface area contributed by atoms with Gasteiger partial charge in [-0.15, -0.1) is 11.3 Å². The number of hydrogen-bond acceptors (Lipinski definition) is 5. The fourth-order valence-corrected chi connectivity index (χ4v) is 4.37. The minimum Gasteiger partial charge on any atom is -0.493 e. The molecular formula is C19H21NO4S. The fraction of sp³-hybridized carbons (Fsp3) is 0.368. The maximum Gasteiger partial charge on any atom is 0.346 e. The van der Waals surface area contributed by atoms with Crippen molar-refractivity contribution in [2.75, 3.05) is 14.2 Å². The molecule has 1 aromatic carbocycles. The largest absolute Gasteiger partial charge is 0.493 e. The molecule has 25 heavy (non-hydrogen) atoms. The molecule has 1 aliphatic rings. The average Bonchev–Trinajstić information content (AvgIpc) is 3.04. The molecule has 1 unspecified atom stereocenters. The Hall–Kier alpha value is -2.34. The number of carbonyl (C=O) groups is 1. The number of aryl methyl sites for hydroxylation is 2. The van der Waals surface area contributed by atoms with Crippen LogP contribution in [0, 0.1) is 5.41 Å². The van der Waals surface area contributed by atoms with Crippen LogP contribution in [0.4, 0.5) is 0 Å². The van der Waals surface area contributed by atoms with E-state index in [2.05, 4.69) is 0 Å². The van der Waals surface area contributed by atoms with Crippen LogP contribution in [0.15, 0.2) is 18.2 Å². The highest BCUT2D eigenvalue weighted by atomic mass is 32.1. The van der Waals surface area contributed by atoms with Crippen molar-refractivity contribution in [2.24, 2.45) is 0 Å². The molecule has 0 aliphatic heterocycles. The number of aromatic carboxylic acids is 1. The van der Waals surface area contributed by atoms with Gasteiger partial charge in [0.25, 0.3) is 0 Å². The van der Waals surface area contributed by atoms with Gasteiger partial charge in [0.15, 0.2) is 11.5 Å². The maximum absolute atomic E-state index is 11.7. The summed E-state index contributed by atoms with van der Waals surface area (Å²) in [6, 6.07) is 5.78. The molecule has 6 heteroatoms. The van der Waals surface area contributed by atoms with Gasteiger partial charge >= 0.3 is 5.97 Å². The first-order valence-electron chi connectivity index (χ1n) is 8.18. The van der Waals surface area contributed by atoms with E-state index in [1.807, 2.05) is 25.1 Å². The van der Waals surface area contributed by atoms with Crippen LogP contribution < -0.4 is 9.47 Å². The molecule has 0 spiro atoms. The van der Waals surface area contributed by atoms with Crippen LogP contribution in [0.1, 0.15) is 50.5 Å². The Labute approximate surface area is 150 Å². The van der Waals surface area contributed by atoms with E-state index in [0.717, 1.165) is 28.8 Å². The number of hydrogen-bond donors (Lipinski definition) is 2. The first-order chi connectivity index (χ1) is 12.0. The molecule has 2 N–H and O–H groups in total. The summed E-state index contributed by atoms with van der Waals surface area (Å²) in [5.74, 6) is -0.0125. The summed E-state index contributed by atoms with van der Waals surface area (Å²) in [6.45, 7) is 2.01. The third-order valence-corrected chi connectivity index (χ3v) is 5.92. The third kappa shape index (κ3) is 3.02.